The minimum Gasteiger partial charge on any atom is -0.265 e. The van der Waals surface area contributed by atoms with E-state index < -0.39 is 11.7 Å². The van der Waals surface area contributed by atoms with Gasteiger partial charge in [0.2, 0.25) is 0 Å². The smallest absolute Gasteiger partial charge is 0.265 e. The lowest BCUT2D eigenvalue weighted by Gasteiger charge is -2.05. The topological polar surface area (TPSA) is 12.9 Å². The van der Waals surface area contributed by atoms with Gasteiger partial charge in [-0.25, -0.2) is 0 Å². The van der Waals surface area contributed by atoms with Gasteiger partial charge in [-0.2, -0.15) is 13.2 Å². The molecule has 0 aliphatic carbocycles. The Balaban J connectivity index is 0.000000199. The number of nitrogens with zero attached hydrogens (tertiary/aromatic N) is 1. The van der Waals surface area contributed by atoms with Crippen molar-refractivity contribution in [2.45, 2.75) is 20.0 Å². The van der Waals surface area contributed by atoms with Gasteiger partial charge in [0.05, 0.1) is 5.56 Å². The number of alkyl halides is 3. The fourth-order valence-electron chi connectivity index (χ4n) is 1.25. The van der Waals surface area contributed by atoms with Crippen LogP contribution in [-0.4, -0.2) is 4.98 Å². The van der Waals surface area contributed by atoms with E-state index in [1.165, 1.54) is 11.6 Å². The van der Waals surface area contributed by atoms with Crippen LogP contribution in [0.25, 0.3) is 0 Å². The van der Waals surface area contributed by atoms with Crippen molar-refractivity contribution in [2.75, 3.05) is 0 Å². The summed E-state index contributed by atoms with van der Waals surface area (Å²) in [6.45, 7) is 3.68. The molecule has 0 aliphatic heterocycles. The van der Waals surface area contributed by atoms with Gasteiger partial charge in [-0.15, -0.1) is 0 Å². The predicted molar refractivity (Wildman–Crippen MR) is 65.2 cm³/mol. The molecular weight excluding hydrogens is 239 g/mol. The first kappa shape index (κ1) is 14.2. The van der Waals surface area contributed by atoms with Crippen LogP contribution in [0, 0.1) is 13.8 Å². The Bertz CT molecular complexity index is 478. The zero-order valence-electron chi connectivity index (χ0n) is 10.2. The van der Waals surface area contributed by atoms with Crippen molar-refractivity contribution in [3.05, 3.63) is 65.5 Å². The van der Waals surface area contributed by atoms with Crippen molar-refractivity contribution >= 4 is 0 Å². The Morgan fingerprint density at radius 2 is 1.50 bits per heavy atom. The normalized spacial score (nSPS) is 10.5. The van der Waals surface area contributed by atoms with Crippen LogP contribution in [0.2, 0.25) is 0 Å². The highest BCUT2D eigenvalue weighted by Crippen LogP contribution is 2.29. The van der Waals surface area contributed by atoms with E-state index in [9.17, 15) is 13.2 Å². The second-order valence-electron chi connectivity index (χ2n) is 3.89. The fraction of sp³-hybridized carbons (Fsp3) is 0.214. The van der Waals surface area contributed by atoms with Crippen molar-refractivity contribution in [2.24, 2.45) is 0 Å². The monoisotopic (exact) mass is 253 g/mol. The van der Waals surface area contributed by atoms with E-state index in [1.54, 1.807) is 25.4 Å². The number of hydrogen-bond acceptors (Lipinski definition) is 1. The van der Waals surface area contributed by atoms with Crippen molar-refractivity contribution in [1.29, 1.82) is 0 Å². The van der Waals surface area contributed by atoms with E-state index in [1.807, 2.05) is 19.1 Å². The van der Waals surface area contributed by atoms with Crippen molar-refractivity contribution in [3.63, 3.8) is 0 Å². The van der Waals surface area contributed by atoms with Gasteiger partial charge in [-0.3, -0.25) is 4.98 Å². The molecule has 0 amide bonds. The summed E-state index contributed by atoms with van der Waals surface area (Å²) in [6.07, 6.45) is -0.642. The molecule has 0 saturated heterocycles. The zero-order valence-corrected chi connectivity index (χ0v) is 10.2. The molecule has 0 saturated carbocycles. The van der Waals surface area contributed by atoms with E-state index in [-0.39, 0.29) is 0 Å². The quantitative estimate of drug-likeness (QED) is 0.678. The van der Waals surface area contributed by atoms with Crippen LogP contribution in [0.4, 0.5) is 13.2 Å². The minimum absolute atomic E-state index is 0.586. The SMILES string of the molecule is Cc1cccc(C(F)(F)F)c1.Cc1ccncc1. The number of rotatable bonds is 0. The zero-order chi connectivity index (χ0) is 13.6. The summed E-state index contributed by atoms with van der Waals surface area (Å²) in [5.41, 5.74) is 1.30. The molecule has 1 aromatic carbocycles. The number of halogens is 3. The average Bonchev–Trinajstić information content (AvgIpc) is 2.30. The standard InChI is InChI=1S/C8H7F3.C6H7N/c1-6-3-2-4-7(5-6)8(9,10)11;1-6-2-4-7-5-3-6/h2-5H,1H3;2-5H,1H3. The number of benzene rings is 1. The fourth-order valence-corrected chi connectivity index (χ4v) is 1.25. The number of pyridine rings is 1. The summed E-state index contributed by atoms with van der Waals surface area (Å²) in [5.74, 6) is 0. The second-order valence-corrected chi connectivity index (χ2v) is 3.89. The molecule has 0 fully saturated rings. The molecule has 0 unspecified atom stereocenters. The summed E-state index contributed by atoms with van der Waals surface area (Å²) >= 11 is 0. The molecule has 18 heavy (non-hydrogen) atoms. The van der Waals surface area contributed by atoms with Gasteiger partial charge in [-0.1, -0.05) is 23.8 Å². The molecule has 0 radical (unpaired) electrons. The van der Waals surface area contributed by atoms with Gasteiger partial charge in [-0.05, 0) is 37.6 Å². The van der Waals surface area contributed by atoms with E-state index in [4.69, 9.17) is 0 Å². The van der Waals surface area contributed by atoms with Crippen LogP contribution in [0.15, 0.2) is 48.8 Å². The third kappa shape index (κ3) is 4.99. The largest absolute Gasteiger partial charge is 0.416 e. The first-order valence-corrected chi connectivity index (χ1v) is 5.40. The molecule has 1 aromatic heterocycles. The Hall–Kier alpha value is -1.84. The lowest BCUT2D eigenvalue weighted by atomic mass is 10.1. The molecule has 0 bridgehead atoms. The molecule has 4 heteroatoms. The molecule has 0 atom stereocenters. The minimum atomic E-state index is -4.22. The lowest BCUT2D eigenvalue weighted by Crippen LogP contribution is -2.04. The molecular formula is C14H14F3N. The van der Waals surface area contributed by atoms with Crippen molar-refractivity contribution in [1.82, 2.24) is 4.98 Å². The molecule has 2 aromatic rings. The maximum Gasteiger partial charge on any atom is 0.416 e. The van der Waals surface area contributed by atoms with Gasteiger partial charge in [0.15, 0.2) is 0 Å². The van der Waals surface area contributed by atoms with Gasteiger partial charge in [0.1, 0.15) is 0 Å². The summed E-state index contributed by atoms with van der Waals surface area (Å²) in [5, 5.41) is 0. The Morgan fingerprint density at radius 3 is 1.83 bits per heavy atom. The summed E-state index contributed by atoms with van der Waals surface area (Å²) < 4.78 is 35.9. The summed E-state index contributed by atoms with van der Waals surface area (Å²) in [6, 6.07) is 9.17. The van der Waals surface area contributed by atoms with Crippen molar-refractivity contribution < 1.29 is 13.2 Å². The van der Waals surface area contributed by atoms with E-state index in [0.717, 1.165) is 12.1 Å². The van der Waals surface area contributed by atoms with Crippen LogP contribution in [-0.2, 0) is 6.18 Å². The van der Waals surface area contributed by atoms with Crippen LogP contribution in [0.5, 0.6) is 0 Å². The summed E-state index contributed by atoms with van der Waals surface area (Å²) in [7, 11) is 0. The maximum absolute atomic E-state index is 12.0. The molecule has 1 nitrogen and oxygen atoms in total. The van der Waals surface area contributed by atoms with Crippen LogP contribution in [0.1, 0.15) is 16.7 Å². The van der Waals surface area contributed by atoms with E-state index in [0.29, 0.717) is 5.56 Å². The van der Waals surface area contributed by atoms with E-state index >= 15 is 0 Å². The molecule has 2 rings (SSSR count). The Kier molecular flexibility index (Phi) is 4.89. The highest BCUT2D eigenvalue weighted by molar-refractivity contribution is 5.24. The molecule has 1 heterocycles. The third-order valence-corrected chi connectivity index (χ3v) is 2.19. The molecule has 96 valence electrons. The second kappa shape index (κ2) is 6.19. The Morgan fingerprint density at radius 1 is 0.889 bits per heavy atom. The average molecular weight is 253 g/mol. The van der Waals surface area contributed by atoms with Gasteiger partial charge < -0.3 is 0 Å². The lowest BCUT2D eigenvalue weighted by molar-refractivity contribution is -0.137. The Labute approximate surface area is 104 Å². The number of hydrogen-bond donors (Lipinski definition) is 0. The van der Waals surface area contributed by atoms with Crippen LogP contribution < -0.4 is 0 Å². The first-order valence-electron chi connectivity index (χ1n) is 5.40. The molecule has 0 aliphatic rings. The highest BCUT2D eigenvalue weighted by Gasteiger charge is 2.29. The van der Waals surface area contributed by atoms with Gasteiger partial charge in [0.25, 0.3) is 0 Å². The van der Waals surface area contributed by atoms with Gasteiger partial charge in [0, 0.05) is 12.4 Å². The van der Waals surface area contributed by atoms with Crippen molar-refractivity contribution in [3.8, 4) is 0 Å². The number of aryl methyl sites for hydroxylation is 2. The maximum atomic E-state index is 12.0. The number of aromatic nitrogens is 1. The molecule has 0 spiro atoms. The predicted octanol–water partition coefficient (Wildman–Crippen LogP) is 4.40. The van der Waals surface area contributed by atoms with Gasteiger partial charge >= 0.3 is 6.18 Å². The third-order valence-electron chi connectivity index (χ3n) is 2.19. The van der Waals surface area contributed by atoms with Crippen LogP contribution in [0.3, 0.4) is 0 Å². The summed E-state index contributed by atoms with van der Waals surface area (Å²) in [4.78, 5) is 3.85. The highest BCUT2D eigenvalue weighted by atomic mass is 19.4. The van der Waals surface area contributed by atoms with Crippen LogP contribution >= 0.6 is 0 Å². The van der Waals surface area contributed by atoms with E-state index in [2.05, 4.69) is 4.98 Å². The molecule has 0 N–H and O–H groups in total. The first-order chi connectivity index (χ1) is 8.39.